The van der Waals surface area contributed by atoms with E-state index in [1.165, 1.54) is 0 Å². The Morgan fingerprint density at radius 2 is 2.12 bits per heavy atom. The van der Waals surface area contributed by atoms with Crippen LogP contribution in [0.15, 0.2) is 36.5 Å². The van der Waals surface area contributed by atoms with Gasteiger partial charge in [-0.1, -0.05) is 30.3 Å². The van der Waals surface area contributed by atoms with Gasteiger partial charge in [0.15, 0.2) is 0 Å². The SMILES string of the molecule is Cc1cnc([C@H](NC(=O)NC[C@](C)(O)c2ccccc2)C2CC2)s1. The van der Waals surface area contributed by atoms with Crippen LogP contribution in [0.3, 0.4) is 0 Å². The van der Waals surface area contributed by atoms with E-state index in [0.29, 0.717) is 5.92 Å². The molecule has 1 saturated carbocycles. The summed E-state index contributed by atoms with van der Waals surface area (Å²) in [5.74, 6) is 0.468. The highest BCUT2D eigenvalue weighted by Gasteiger charge is 2.35. The number of aryl methyl sites for hydroxylation is 1. The maximum Gasteiger partial charge on any atom is 0.315 e. The Labute approximate surface area is 146 Å². The van der Waals surface area contributed by atoms with E-state index in [2.05, 4.69) is 15.6 Å². The predicted octanol–water partition coefficient (Wildman–Crippen LogP) is 3.11. The highest BCUT2D eigenvalue weighted by molar-refractivity contribution is 7.11. The fraction of sp³-hybridized carbons (Fsp3) is 0.444. The van der Waals surface area contributed by atoms with E-state index < -0.39 is 5.60 Å². The molecule has 0 spiro atoms. The lowest BCUT2D eigenvalue weighted by atomic mass is 9.96. The molecule has 1 aromatic carbocycles. The molecule has 3 rings (SSSR count). The molecule has 1 aromatic heterocycles. The van der Waals surface area contributed by atoms with Gasteiger partial charge in [-0.3, -0.25) is 0 Å². The smallest absolute Gasteiger partial charge is 0.315 e. The number of rotatable bonds is 6. The molecule has 0 unspecified atom stereocenters. The van der Waals surface area contributed by atoms with Gasteiger partial charge in [0.1, 0.15) is 10.6 Å². The number of aromatic nitrogens is 1. The van der Waals surface area contributed by atoms with E-state index >= 15 is 0 Å². The van der Waals surface area contributed by atoms with Crippen molar-refractivity contribution in [3.63, 3.8) is 0 Å². The van der Waals surface area contributed by atoms with Crippen molar-refractivity contribution in [2.24, 2.45) is 5.92 Å². The van der Waals surface area contributed by atoms with Gasteiger partial charge in [0, 0.05) is 11.1 Å². The van der Waals surface area contributed by atoms with Gasteiger partial charge >= 0.3 is 6.03 Å². The molecular weight excluding hydrogens is 322 g/mol. The minimum Gasteiger partial charge on any atom is -0.384 e. The van der Waals surface area contributed by atoms with Gasteiger partial charge in [0.25, 0.3) is 0 Å². The van der Waals surface area contributed by atoms with Crippen molar-refractivity contribution >= 4 is 17.4 Å². The molecule has 5 nitrogen and oxygen atoms in total. The van der Waals surface area contributed by atoms with E-state index in [9.17, 15) is 9.90 Å². The van der Waals surface area contributed by atoms with E-state index in [1.54, 1.807) is 18.3 Å². The lowest BCUT2D eigenvalue weighted by molar-refractivity contribution is 0.0592. The molecule has 0 radical (unpaired) electrons. The molecule has 2 atom stereocenters. The zero-order valence-electron chi connectivity index (χ0n) is 14.0. The average molecular weight is 345 g/mol. The largest absolute Gasteiger partial charge is 0.384 e. The number of hydrogen-bond acceptors (Lipinski definition) is 4. The van der Waals surface area contributed by atoms with Crippen molar-refractivity contribution in [3.8, 4) is 0 Å². The molecule has 128 valence electrons. The van der Waals surface area contributed by atoms with Crippen molar-refractivity contribution < 1.29 is 9.90 Å². The molecule has 1 fully saturated rings. The summed E-state index contributed by atoms with van der Waals surface area (Å²) in [4.78, 5) is 17.8. The number of nitrogens with one attached hydrogen (secondary N) is 2. The van der Waals surface area contributed by atoms with Crippen molar-refractivity contribution in [3.05, 3.63) is 52.0 Å². The Morgan fingerprint density at radius 1 is 1.42 bits per heavy atom. The standard InChI is InChI=1S/C18H23N3O2S/c1-12-10-19-16(24-12)15(13-8-9-13)21-17(22)20-11-18(2,23)14-6-4-3-5-7-14/h3-7,10,13,15,23H,8-9,11H2,1-2H3,(H2,20,21,22)/t15-,18+/m1/s1. The van der Waals surface area contributed by atoms with E-state index in [1.807, 2.05) is 43.5 Å². The topological polar surface area (TPSA) is 74.2 Å². The van der Waals surface area contributed by atoms with Crippen LogP contribution >= 0.6 is 11.3 Å². The number of urea groups is 1. The van der Waals surface area contributed by atoms with Crippen LogP contribution in [-0.2, 0) is 5.60 Å². The van der Waals surface area contributed by atoms with Crippen LogP contribution in [0.25, 0.3) is 0 Å². The van der Waals surface area contributed by atoms with Gasteiger partial charge in [-0.25, -0.2) is 9.78 Å². The van der Waals surface area contributed by atoms with E-state index in [4.69, 9.17) is 0 Å². The van der Waals surface area contributed by atoms with Crippen molar-refractivity contribution in [1.29, 1.82) is 0 Å². The van der Waals surface area contributed by atoms with Gasteiger partial charge in [-0.05, 0) is 38.2 Å². The third-order valence-electron chi connectivity index (χ3n) is 4.27. The van der Waals surface area contributed by atoms with Gasteiger partial charge in [-0.2, -0.15) is 0 Å². The van der Waals surface area contributed by atoms with E-state index in [0.717, 1.165) is 28.3 Å². The van der Waals surface area contributed by atoms with Crippen LogP contribution in [0.4, 0.5) is 4.79 Å². The molecule has 6 heteroatoms. The lowest BCUT2D eigenvalue weighted by Crippen LogP contribution is -2.44. The molecule has 1 heterocycles. The second-order valence-corrected chi connectivity index (χ2v) is 7.86. The first-order chi connectivity index (χ1) is 11.5. The zero-order chi connectivity index (χ0) is 17.2. The fourth-order valence-corrected chi connectivity index (χ4v) is 3.59. The Kier molecular flexibility index (Phi) is 4.87. The normalized spacial score (nSPS) is 17.8. The quantitative estimate of drug-likeness (QED) is 0.753. The zero-order valence-corrected chi connectivity index (χ0v) is 14.8. The molecule has 0 saturated heterocycles. The molecule has 0 aliphatic heterocycles. The number of amides is 2. The number of carbonyl (C=O) groups excluding carboxylic acids is 1. The average Bonchev–Trinajstić information content (AvgIpc) is 3.33. The predicted molar refractivity (Wildman–Crippen MR) is 94.9 cm³/mol. The second-order valence-electron chi connectivity index (χ2n) is 6.59. The molecule has 3 N–H and O–H groups in total. The lowest BCUT2D eigenvalue weighted by Gasteiger charge is -2.25. The van der Waals surface area contributed by atoms with Crippen molar-refractivity contribution in [2.45, 2.75) is 38.3 Å². The summed E-state index contributed by atoms with van der Waals surface area (Å²) in [6.07, 6.45) is 4.08. The highest BCUT2D eigenvalue weighted by atomic mass is 32.1. The maximum absolute atomic E-state index is 12.3. The number of benzene rings is 1. The third-order valence-corrected chi connectivity index (χ3v) is 5.27. The molecule has 1 aliphatic rings. The maximum atomic E-state index is 12.3. The first-order valence-corrected chi connectivity index (χ1v) is 9.02. The monoisotopic (exact) mass is 345 g/mol. The summed E-state index contributed by atoms with van der Waals surface area (Å²) in [7, 11) is 0. The first-order valence-electron chi connectivity index (χ1n) is 8.20. The summed E-state index contributed by atoms with van der Waals surface area (Å²) >= 11 is 1.62. The van der Waals surface area contributed by atoms with Crippen LogP contribution in [0.1, 0.15) is 41.3 Å². The summed E-state index contributed by atoms with van der Waals surface area (Å²) in [5, 5.41) is 17.3. The minimum absolute atomic E-state index is 0.0367. The van der Waals surface area contributed by atoms with Crippen molar-refractivity contribution in [1.82, 2.24) is 15.6 Å². The van der Waals surface area contributed by atoms with Crippen molar-refractivity contribution in [2.75, 3.05) is 6.54 Å². The van der Waals surface area contributed by atoms with E-state index in [-0.39, 0.29) is 18.6 Å². The highest BCUT2D eigenvalue weighted by Crippen LogP contribution is 2.42. The number of nitrogens with zero attached hydrogens (tertiary/aromatic N) is 1. The van der Waals surface area contributed by atoms with Gasteiger partial charge in [0.2, 0.25) is 0 Å². The van der Waals surface area contributed by atoms with Gasteiger partial charge in [0.05, 0.1) is 12.6 Å². The summed E-state index contributed by atoms with van der Waals surface area (Å²) in [6.45, 7) is 3.87. The van der Waals surface area contributed by atoms with Gasteiger partial charge < -0.3 is 15.7 Å². The van der Waals surface area contributed by atoms with Crippen LogP contribution in [0.2, 0.25) is 0 Å². The second kappa shape index (κ2) is 6.91. The molecule has 24 heavy (non-hydrogen) atoms. The third kappa shape index (κ3) is 4.13. The number of hydrogen-bond donors (Lipinski definition) is 3. The number of carbonyl (C=O) groups is 1. The Bertz CT molecular complexity index is 695. The number of thiazole rings is 1. The Balaban J connectivity index is 1.58. The Hall–Kier alpha value is -1.92. The molecule has 2 amide bonds. The molecular formula is C18H23N3O2S. The minimum atomic E-state index is -1.11. The van der Waals surface area contributed by atoms with Crippen LogP contribution in [0, 0.1) is 12.8 Å². The fourth-order valence-electron chi connectivity index (χ4n) is 2.67. The molecule has 2 aromatic rings. The Morgan fingerprint density at radius 3 is 2.71 bits per heavy atom. The van der Waals surface area contributed by atoms with Gasteiger partial charge in [-0.15, -0.1) is 11.3 Å². The summed E-state index contributed by atoms with van der Waals surface area (Å²) < 4.78 is 0. The molecule has 0 bridgehead atoms. The van der Waals surface area contributed by atoms with Crippen LogP contribution in [-0.4, -0.2) is 22.7 Å². The summed E-state index contributed by atoms with van der Waals surface area (Å²) in [5.41, 5.74) is -0.328. The number of aliphatic hydroxyl groups is 1. The first kappa shape index (κ1) is 16.9. The van der Waals surface area contributed by atoms with Crippen LogP contribution < -0.4 is 10.6 Å². The van der Waals surface area contributed by atoms with Crippen LogP contribution in [0.5, 0.6) is 0 Å². The summed E-state index contributed by atoms with van der Waals surface area (Å²) in [6, 6.07) is 9.04. The molecule has 1 aliphatic carbocycles.